The molecule has 0 aromatic heterocycles. The fourth-order valence-corrected chi connectivity index (χ4v) is 3.61. The minimum Gasteiger partial charge on any atom is -0.399 e. The van der Waals surface area contributed by atoms with Gasteiger partial charge in [-0.3, -0.25) is 4.31 Å². The van der Waals surface area contributed by atoms with Crippen LogP contribution in [-0.4, -0.2) is 15.5 Å². The molecule has 2 aromatic carbocycles. The highest BCUT2D eigenvalue weighted by Crippen LogP contribution is 2.30. The molecule has 0 radical (unpaired) electrons. The Labute approximate surface area is 127 Å². The summed E-state index contributed by atoms with van der Waals surface area (Å²) in [6, 6.07) is 10.9. The van der Waals surface area contributed by atoms with Gasteiger partial charge in [-0.05, 0) is 36.4 Å². The summed E-state index contributed by atoms with van der Waals surface area (Å²) < 4.78 is 26.2. The van der Waals surface area contributed by atoms with Gasteiger partial charge in [-0.15, -0.1) is 0 Å². The third kappa shape index (κ3) is 2.85. The number of hydrogen-bond acceptors (Lipinski definition) is 3. The predicted octanol–water partition coefficient (Wildman–Crippen LogP) is 3.40. The van der Waals surface area contributed by atoms with E-state index in [9.17, 15) is 8.42 Å². The molecule has 0 spiro atoms. The number of nitrogens with zero attached hydrogens (tertiary/aromatic N) is 1. The van der Waals surface area contributed by atoms with Crippen LogP contribution in [0.3, 0.4) is 0 Å². The minimum atomic E-state index is -3.80. The molecule has 20 heavy (non-hydrogen) atoms. The maximum Gasteiger partial charge on any atom is 0.265 e. The number of sulfonamides is 1. The number of benzene rings is 2. The fraction of sp³-hybridized carbons (Fsp3) is 0.0769. The molecule has 0 bridgehead atoms. The van der Waals surface area contributed by atoms with Crippen LogP contribution in [0.2, 0.25) is 10.0 Å². The van der Waals surface area contributed by atoms with E-state index >= 15 is 0 Å². The molecule has 7 heteroatoms. The van der Waals surface area contributed by atoms with Crippen LogP contribution in [0.25, 0.3) is 0 Å². The highest BCUT2D eigenvalue weighted by atomic mass is 35.5. The second-order valence-electron chi connectivity index (χ2n) is 4.14. The highest BCUT2D eigenvalue weighted by molar-refractivity contribution is 7.93. The number of nitrogens with two attached hydrogens (primary N) is 1. The van der Waals surface area contributed by atoms with Crippen molar-refractivity contribution in [1.29, 1.82) is 0 Å². The fourth-order valence-electron chi connectivity index (χ4n) is 1.68. The molecule has 0 heterocycles. The Morgan fingerprint density at radius 2 is 1.80 bits per heavy atom. The van der Waals surface area contributed by atoms with Crippen molar-refractivity contribution in [3.05, 3.63) is 52.5 Å². The molecule has 0 aliphatic heterocycles. The molecule has 0 aliphatic carbocycles. The molecular formula is C13H12Cl2N2O2S. The van der Waals surface area contributed by atoms with Crippen LogP contribution in [0.1, 0.15) is 0 Å². The lowest BCUT2D eigenvalue weighted by molar-refractivity contribution is 0.594. The summed E-state index contributed by atoms with van der Waals surface area (Å²) >= 11 is 11.8. The number of rotatable bonds is 3. The summed E-state index contributed by atoms with van der Waals surface area (Å²) in [5, 5.41) is 0.416. The largest absolute Gasteiger partial charge is 0.399 e. The minimum absolute atomic E-state index is 0.0448. The van der Waals surface area contributed by atoms with Crippen molar-refractivity contribution in [3.8, 4) is 0 Å². The summed E-state index contributed by atoms with van der Waals surface area (Å²) in [6.45, 7) is 0. The van der Waals surface area contributed by atoms with Gasteiger partial charge in [0.05, 0.1) is 10.7 Å². The van der Waals surface area contributed by atoms with Gasteiger partial charge in [0.1, 0.15) is 4.90 Å². The molecule has 2 aromatic rings. The Morgan fingerprint density at radius 3 is 2.45 bits per heavy atom. The van der Waals surface area contributed by atoms with E-state index in [4.69, 9.17) is 28.9 Å². The topological polar surface area (TPSA) is 63.4 Å². The van der Waals surface area contributed by atoms with Gasteiger partial charge in [0, 0.05) is 17.8 Å². The van der Waals surface area contributed by atoms with Gasteiger partial charge in [0.15, 0.2) is 0 Å². The van der Waals surface area contributed by atoms with E-state index in [1.165, 1.54) is 25.2 Å². The second-order valence-corrected chi connectivity index (χ2v) is 6.92. The molecule has 0 amide bonds. The Morgan fingerprint density at radius 1 is 1.10 bits per heavy atom. The van der Waals surface area contributed by atoms with Crippen molar-refractivity contribution < 1.29 is 8.42 Å². The van der Waals surface area contributed by atoms with Crippen LogP contribution in [0.15, 0.2) is 47.4 Å². The Kier molecular flexibility index (Phi) is 4.13. The molecule has 4 nitrogen and oxygen atoms in total. The molecule has 2 rings (SSSR count). The standard InChI is InChI=1S/C13H12Cl2N2O2S/c1-17(11-4-2-3-10(16)8-11)20(18,19)13-7-9(14)5-6-12(13)15/h2-8H,16H2,1H3. The van der Waals surface area contributed by atoms with Gasteiger partial charge >= 0.3 is 0 Å². The zero-order valence-electron chi connectivity index (χ0n) is 10.5. The summed E-state index contributed by atoms with van der Waals surface area (Å²) in [4.78, 5) is -0.0448. The molecule has 0 fully saturated rings. The second kappa shape index (κ2) is 5.52. The van der Waals surface area contributed by atoms with Gasteiger partial charge in [0.25, 0.3) is 10.0 Å². The molecule has 0 atom stereocenters. The molecule has 0 saturated carbocycles. The third-order valence-corrected chi connectivity index (χ3v) is 5.27. The SMILES string of the molecule is CN(c1cccc(N)c1)S(=O)(=O)c1cc(Cl)ccc1Cl. The molecule has 106 valence electrons. The number of hydrogen-bond donors (Lipinski definition) is 1. The van der Waals surface area contributed by atoms with Gasteiger partial charge in [-0.2, -0.15) is 0 Å². The Hall–Kier alpha value is -1.43. The summed E-state index contributed by atoms with van der Waals surface area (Å²) in [7, 11) is -2.37. The molecule has 0 aliphatic rings. The number of halogens is 2. The molecule has 0 unspecified atom stereocenters. The van der Waals surface area contributed by atoms with E-state index in [0.29, 0.717) is 16.4 Å². The zero-order valence-corrected chi connectivity index (χ0v) is 12.9. The first-order valence-electron chi connectivity index (χ1n) is 5.62. The average molecular weight is 331 g/mol. The van der Waals surface area contributed by atoms with Crippen molar-refractivity contribution in [2.24, 2.45) is 0 Å². The van der Waals surface area contributed by atoms with Crippen LogP contribution >= 0.6 is 23.2 Å². The first-order valence-corrected chi connectivity index (χ1v) is 7.81. The molecular weight excluding hydrogens is 319 g/mol. The smallest absolute Gasteiger partial charge is 0.265 e. The monoisotopic (exact) mass is 330 g/mol. The van der Waals surface area contributed by atoms with Gasteiger partial charge < -0.3 is 5.73 Å². The van der Waals surface area contributed by atoms with Crippen molar-refractivity contribution in [3.63, 3.8) is 0 Å². The maximum absolute atomic E-state index is 12.6. The lowest BCUT2D eigenvalue weighted by atomic mass is 10.3. The first-order chi connectivity index (χ1) is 9.32. The average Bonchev–Trinajstić information content (AvgIpc) is 2.40. The number of anilines is 2. The first kappa shape index (κ1) is 15.0. The maximum atomic E-state index is 12.6. The van der Waals surface area contributed by atoms with Gasteiger partial charge in [-0.1, -0.05) is 29.3 Å². The Bertz CT molecular complexity index is 748. The quantitative estimate of drug-likeness (QED) is 0.877. The van der Waals surface area contributed by atoms with Crippen LogP contribution in [0.4, 0.5) is 11.4 Å². The van der Waals surface area contributed by atoms with E-state index in [0.717, 1.165) is 4.31 Å². The zero-order chi connectivity index (χ0) is 14.9. The van der Waals surface area contributed by atoms with Crippen molar-refractivity contribution in [2.45, 2.75) is 4.90 Å². The molecule has 0 saturated heterocycles. The summed E-state index contributed by atoms with van der Waals surface area (Å²) in [5.74, 6) is 0. The normalized spacial score (nSPS) is 11.3. The number of nitrogen functional groups attached to an aromatic ring is 1. The highest BCUT2D eigenvalue weighted by Gasteiger charge is 2.24. The van der Waals surface area contributed by atoms with E-state index in [-0.39, 0.29) is 9.92 Å². The third-order valence-electron chi connectivity index (χ3n) is 2.77. The predicted molar refractivity (Wildman–Crippen MR) is 82.9 cm³/mol. The van der Waals surface area contributed by atoms with E-state index in [1.807, 2.05) is 0 Å². The van der Waals surface area contributed by atoms with Crippen LogP contribution in [0.5, 0.6) is 0 Å². The van der Waals surface area contributed by atoms with Crippen molar-refractivity contribution in [2.75, 3.05) is 17.1 Å². The molecule has 2 N–H and O–H groups in total. The summed E-state index contributed by atoms with van der Waals surface area (Å²) in [6.07, 6.45) is 0. The van der Waals surface area contributed by atoms with Gasteiger partial charge in [0.2, 0.25) is 0 Å². The van der Waals surface area contributed by atoms with Crippen LogP contribution < -0.4 is 10.0 Å². The van der Waals surface area contributed by atoms with Crippen LogP contribution in [-0.2, 0) is 10.0 Å². The van der Waals surface area contributed by atoms with Crippen molar-refractivity contribution >= 4 is 44.6 Å². The van der Waals surface area contributed by atoms with E-state index in [1.54, 1.807) is 24.3 Å². The lowest BCUT2D eigenvalue weighted by Gasteiger charge is -2.20. The van der Waals surface area contributed by atoms with Crippen molar-refractivity contribution in [1.82, 2.24) is 0 Å². The van der Waals surface area contributed by atoms with Gasteiger partial charge in [-0.25, -0.2) is 8.42 Å². The lowest BCUT2D eigenvalue weighted by Crippen LogP contribution is -2.26. The summed E-state index contributed by atoms with van der Waals surface area (Å²) in [5.41, 5.74) is 6.58. The van der Waals surface area contributed by atoms with E-state index < -0.39 is 10.0 Å². The van der Waals surface area contributed by atoms with Crippen LogP contribution in [0, 0.1) is 0 Å². The Balaban J connectivity index is 2.52. The van der Waals surface area contributed by atoms with E-state index in [2.05, 4.69) is 0 Å².